The van der Waals surface area contributed by atoms with E-state index in [2.05, 4.69) is 15.1 Å². The Balaban J connectivity index is 1.65. The van der Waals surface area contributed by atoms with Crippen LogP contribution < -0.4 is 5.73 Å². The minimum absolute atomic E-state index is 0.222. The number of halogens is 1. The van der Waals surface area contributed by atoms with Gasteiger partial charge in [-0.25, -0.2) is 4.98 Å². The normalized spacial score (nSPS) is 11.5. The number of nitrogens with two attached hydrogens (primary N) is 1. The number of nitrogens with zero attached hydrogens (tertiary/aromatic N) is 3. The van der Waals surface area contributed by atoms with E-state index in [1.165, 1.54) is 0 Å². The molecule has 7 heteroatoms. The zero-order valence-electron chi connectivity index (χ0n) is 17.2. The Labute approximate surface area is 185 Å². The van der Waals surface area contributed by atoms with Crippen molar-refractivity contribution in [3.63, 3.8) is 0 Å². The second-order valence-electron chi connectivity index (χ2n) is 7.90. The number of primary amides is 1. The summed E-state index contributed by atoms with van der Waals surface area (Å²) in [5.74, 6) is 0.410. The Kier molecular flexibility index (Phi) is 5.57. The standard InChI is InChI=1S/C24H21ClN4O2/c1-24(2,14-20-28-23(29-31-20)16-6-4-3-5-7-16)18-12-13-19(27-21(18)22(26)30)15-8-10-17(25)11-9-15/h3-13H,14H2,1-2H3,(H2,26,30). The molecule has 0 radical (unpaired) electrons. The van der Waals surface area contributed by atoms with Gasteiger partial charge in [0.2, 0.25) is 11.7 Å². The Morgan fingerprint density at radius 2 is 1.68 bits per heavy atom. The quantitative estimate of drug-likeness (QED) is 0.458. The topological polar surface area (TPSA) is 94.9 Å². The SMILES string of the molecule is CC(C)(Cc1nc(-c2ccccc2)no1)c1ccc(-c2ccc(Cl)cc2)nc1C(N)=O. The maximum atomic E-state index is 12.2. The van der Waals surface area contributed by atoms with Crippen molar-refractivity contribution in [2.45, 2.75) is 25.7 Å². The molecule has 4 rings (SSSR count). The van der Waals surface area contributed by atoms with Gasteiger partial charge < -0.3 is 10.3 Å². The van der Waals surface area contributed by atoms with Crippen LogP contribution in [0.4, 0.5) is 0 Å². The molecule has 31 heavy (non-hydrogen) atoms. The molecular formula is C24H21ClN4O2. The molecule has 0 bridgehead atoms. The van der Waals surface area contributed by atoms with Crippen LogP contribution in [-0.2, 0) is 11.8 Å². The Morgan fingerprint density at radius 1 is 0.968 bits per heavy atom. The van der Waals surface area contributed by atoms with E-state index in [1.54, 1.807) is 12.1 Å². The zero-order chi connectivity index (χ0) is 22.0. The van der Waals surface area contributed by atoms with E-state index in [1.807, 2.05) is 68.4 Å². The Hall–Kier alpha value is -3.51. The van der Waals surface area contributed by atoms with Gasteiger partial charge in [-0.1, -0.05) is 79.1 Å². The molecule has 0 atom stereocenters. The maximum absolute atomic E-state index is 12.2. The second kappa shape index (κ2) is 8.32. The smallest absolute Gasteiger partial charge is 0.267 e. The highest BCUT2D eigenvalue weighted by molar-refractivity contribution is 6.30. The van der Waals surface area contributed by atoms with E-state index in [9.17, 15) is 4.79 Å². The molecule has 6 nitrogen and oxygen atoms in total. The fourth-order valence-electron chi connectivity index (χ4n) is 3.48. The number of pyridine rings is 1. The lowest BCUT2D eigenvalue weighted by molar-refractivity contribution is 0.0993. The number of hydrogen-bond donors (Lipinski definition) is 1. The van der Waals surface area contributed by atoms with Crippen molar-refractivity contribution in [1.82, 2.24) is 15.1 Å². The third-order valence-corrected chi connectivity index (χ3v) is 5.34. The molecule has 0 saturated heterocycles. The van der Waals surface area contributed by atoms with Crippen LogP contribution in [0, 0.1) is 0 Å². The molecule has 0 fully saturated rings. The lowest BCUT2D eigenvalue weighted by Gasteiger charge is -2.25. The van der Waals surface area contributed by atoms with Gasteiger partial charge in [0, 0.05) is 28.0 Å². The monoisotopic (exact) mass is 432 g/mol. The summed E-state index contributed by atoms with van der Waals surface area (Å²) in [6.45, 7) is 3.98. The van der Waals surface area contributed by atoms with Crippen molar-refractivity contribution in [3.05, 3.63) is 88.9 Å². The van der Waals surface area contributed by atoms with Crippen molar-refractivity contribution >= 4 is 17.5 Å². The number of hydrogen-bond acceptors (Lipinski definition) is 5. The third kappa shape index (κ3) is 4.49. The summed E-state index contributed by atoms with van der Waals surface area (Å²) in [6.07, 6.45) is 0.426. The van der Waals surface area contributed by atoms with Gasteiger partial charge in [-0.05, 0) is 23.8 Å². The molecule has 0 aliphatic rings. The van der Waals surface area contributed by atoms with Gasteiger partial charge in [0.25, 0.3) is 5.91 Å². The molecule has 2 aromatic carbocycles. The van der Waals surface area contributed by atoms with Gasteiger partial charge in [-0.2, -0.15) is 4.98 Å². The van der Waals surface area contributed by atoms with Gasteiger partial charge in [-0.15, -0.1) is 0 Å². The van der Waals surface area contributed by atoms with Gasteiger partial charge in [0.15, 0.2) is 0 Å². The average molecular weight is 433 g/mol. The van der Waals surface area contributed by atoms with Gasteiger partial charge in [-0.3, -0.25) is 4.79 Å². The molecule has 0 spiro atoms. The van der Waals surface area contributed by atoms with Crippen LogP contribution in [0.5, 0.6) is 0 Å². The predicted octanol–water partition coefficient (Wildman–Crippen LogP) is 5.07. The number of amides is 1. The lowest BCUT2D eigenvalue weighted by Crippen LogP contribution is -2.27. The van der Waals surface area contributed by atoms with Crippen molar-refractivity contribution in [1.29, 1.82) is 0 Å². The summed E-state index contributed by atoms with van der Waals surface area (Å²) in [5, 5.41) is 4.71. The summed E-state index contributed by atoms with van der Waals surface area (Å²) in [6, 6.07) is 20.6. The maximum Gasteiger partial charge on any atom is 0.267 e. The fraction of sp³-hybridized carbons (Fsp3) is 0.167. The van der Waals surface area contributed by atoms with E-state index in [0.29, 0.717) is 28.9 Å². The van der Waals surface area contributed by atoms with Crippen molar-refractivity contribution < 1.29 is 9.32 Å². The number of carbonyl (C=O) groups is 1. The van der Waals surface area contributed by atoms with Crippen LogP contribution in [0.25, 0.3) is 22.6 Å². The first-order valence-electron chi connectivity index (χ1n) is 9.79. The molecule has 4 aromatic rings. The highest BCUT2D eigenvalue weighted by atomic mass is 35.5. The molecule has 0 aliphatic heterocycles. The largest absolute Gasteiger partial charge is 0.364 e. The molecule has 0 unspecified atom stereocenters. The summed E-state index contributed by atoms with van der Waals surface area (Å²) in [4.78, 5) is 21.3. The number of rotatable bonds is 6. The zero-order valence-corrected chi connectivity index (χ0v) is 17.9. The van der Waals surface area contributed by atoms with E-state index >= 15 is 0 Å². The average Bonchev–Trinajstić information content (AvgIpc) is 3.22. The van der Waals surface area contributed by atoms with Crippen molar-refractivity contribution in [2.24, 2.45) is 5.73 Å². The first-order valence-corrected chi connectivity index (χ1v) is 10.2. The van der Waals surface area contributed by atoms with Crippen LogP contribution in [0.1, 0.15) is 35.8 Å². The lowest BCUT2D eigenvalue weighted by atomic mass is 9.80. The van der Waals surface area contributed by atoms with E-state index in [0.717, 1.165) is 16.7 Å². The fourth-order valence-corrected chi connectivity index (χ4v) is 3.60. The number of benzene rings is 2. The van der Waals surface area contributed by atoms with Gasteiger partial charge in [0.1, 0.15) is 5.69 Å². The minimum Gasteiger partial charge on any atom is -0.364 e. The highest BCUT2D eigenvalue weighted by Gasteiger charge is 2.30. The summed E-state index contributed by atoms with van der Waals surface area (Å²) < 4.78 is 5.47. The molecular weight excluding hydrogens is 412 g/mol. The van der Waals surface area contributed by atoms with Crippen LogP contribution >= 0.6 is 11.6 Å². The van der Waals surface area contributed by atoms with Crippen LogP contribution in [0.3, 0.4) is 0 Å². The predicted molar refractivity (Wildman–Crippen MR) is 120 cm³/mol. The molecule has 2 N–H and O–H groups in total. The van der Waals surface area contributed by atoms with Gasteiger partial charge in [0.05, 0.1) is 5.69 Å². The Morgan fingerprint density at radius 3 is 2.35 bits per heavy atom. The van der Waals surface area contributed by atoms with Crippen molar-refractivity contribution in [3.8, 4) is 22.6 Å². The molecule has 2 aromatic heterocycles. The first kappa shape index (κ1) is 20.8. The van der Waals surface area contributed by atoms with E-state index < -0.39 is 11.3 Å². The number of aromatic nitrogens is 3. The van der Waals surface area contributed by atoms with Crippen molar-refractivity contribution in [2.75, 3.05) is 0 Å². The molecule has 0 saturated carbocycles. The highest BCUT2D eigenvalue weighted by Crippen LogP contribution is 2.32. The van der Waals surface area contributed by atoms with Crippen LogP contribution in [0.15, 0.2) is 71.3 Å². The molecule has 1 amide bonds. The molecule has 2 heterocycles. The summed E-state index contributed by atoms with van der Waals surface area (Å²) in [5.41, 5.74) is 8.48. The summed E-state index contributed by atoms with van der Waals surface area (Å²) >= 11 is 5.97. The minimum atomic E-state index is -0.589. The van der Waals surface area contributed by atoms with Gasteiger partial charge >= 0.3 is 0 Å². The van der Waals surface area contributed by atoms with Crippen LogP contribution in [-0.4, -0.2) is 21.0 Å². The van der Waals surface area contributed by atoms with Crippen LogP contribution in [0.2, 0.25) is 5.02 Å². The second-order valence-corrected chi connectivity index (χ2v) is 8.34. The van der Waals surface area contributed by atoms with E-state index in [-0.39, 0.29) is 5.69 Å². The third-order valence-electron chi connectivity index (χ3n) is 5.09. The van der Waals surface area contributed by atoms with E-state index in [4.69, 9.17) is 21.9 Å². The molecule has 156 valence electrons. The number of carbonyl (C=O) groups excluding carboxylic acids is 1. The molecule has 0 aliphatic carbocycles. The summed E-state index contributed by atoms with van der Waals surface area (Å²) in [7, 11) is 0. The Bertz CT molecular complexity index is 1220. The first-order chi connectivity index (χ1) is 14.8.